The van der Waals surface area contributed by atoms with Crippen LogP contribution >= 0.6 is 11.6 Å². The lowest BCUT2D eigenvalue weighted by Crippen LogP contribution is -2.63. The third-order valence-corrected chi connectivity index (χ3v) is 6.35. The van der Waals surface area contributed by atoms with Crippen LogP contribution in [0, 0.1) is 0 Å². The van der Waals surface area contributed by atoms with Crippen LogP contribution in [0.4, 0.5) is 0 Å². The highest BCUT2D eigenvalue weighted by Gasteiger charge is 2.47. The monoisotopic (exact) mass is 467 g/mol. The molecule has 0 spiro atoms. The van der Waals surface area contributed by atoms with Gasteiger partial charge in [-0.25, -0.2) is 0 Å². The van der Waals surface area contributed by atoms with E-state index in [2.05, 4.69) is 5.32 Å². The zero-order valence-corrected chi connectivity index (χ0v) is 20.1. The summed E-state index contributed by atoms with van der Waals surface area (Å²) < 4.78 is 7.54. The highest BCUT2D eigenvalue weighted by molar-refractivity contribution is 6.30. The van der Waals surface area contributed by atoms with Crippen LogP contribution in [-0.4, -0.2) is 46.1 Å². The van der Waals surface area contributed by atoms with Gasteiger partial charge in [-0.05, 0) is 57.0 Å². The molecule has 0 radical (unpaired) electrons. The molecule has 2 amide bonds. The summed E-state index contributed by atoms with van der Waals surface area (Å²) in [6.07, 6.45) is 0.864. The van der Waals surface area contributed by atoms with Crippen LogP contribution in [-0.2, 0) is 22.6 Å². The molecule has 0 fully saturated rings. The Labute approximate surface area is 199 Å². The van der Waals surface area contributed by atoms with Crippen LogP contribution in [0.1, 0.15) is 43.2 Å². The maximum absolute atomic E-state index is 13.7. The Balaban J connectivity index is 1.65. The minimum absolute atomic E-state index is 0.155. The number of amides is 2. The SMILES string of the molecule is CC(C)OCCCNC(=O)[C@@]1(C)Cn2c(cc3ccccc32)C(=O)N1Cc1cccc(Cl)c1. The Morgan fingerprint density at radius 3 is 2.73 bits per heavy atom. The van der Waals surface area contributed by atoms with Crippen molar-refractivity contribution in [2.24, 2.45) is 0 Å². The molecule has 0 unspecified atom stereocenters. The van der Waals surface area contributed by atoms with Crippen LogP contribution in [0.25, 0.3) is 10.9 Å². The van der Waals surface area contributed by atoms with E-state index in [1.807, 2.05) is 73.9 Å². The molecule has 3 aromatic rings. The number of rotatable bonds is 8. The van der Waals surface area contributed by atoms with Crippen LogP contribution in [0.2, 0.25) is 5.02 Å². The van der Waals surface area contributed by atoms with Crippen molar-refractivity contribution in [3.8, 4) is 0 Å². The lowest BCUT2D eigenvalue weighted by molar-refractivity contribution is -0.133. The highest BCUT2D eigenvalue weighted by atomic mass is 35.5. The number of carbonyl (C=O) groups excluding carboxylic acids is 2. The van der Waals surface area contributed by atoms with Crippen molar-refractivity contribution in [3.63, 3.8) is 0 Å². The molecular formula is C26H30ClN3O3. The highest BCUT2D eigenvalue weighted by Crippen LogP contribution is 2.33. The minimum Gasteiger partial charge on any atom is -0.379 e. The second kappa shape index (κ2) is 9.57. The number of nitrogens with one attached hydrogen (secondary N) is 1. The largest absolute Gasteiger partial charge is 0.379 e. The molecule has 1 atom stereocenters. The number of hydrogen-bond acceptors (Lipinski definition) is 3. The molecule has 7 heteroatoms. The molecule has 4 rings (SSSR count). The molecule has 174 valence electrons. The van der Waals surface area contributed by atoms with E-state index in [1.165, 1.54) is 0 Å². The fourth-order valence-corrected chi connectivity index (χ4v) is 4.57. The molecule has 0 aliphatic carbocycles. The van der Waals surface area contributed by atoms with Gasteiger partial charge in [0.2, 0.25) is 5.91 Å². The van der Waals surface area contributed by atoms with Crippen LogP contribution in [0.15, 0.2) is 54.6 Å². The molecule has 0 bridgehead atoms. The maximum atomic E-state index is 13.7. The quantitative estimate of drug-likeness (QED) is 0.491. The van der Waals surface area contributed by atoms with Crippen molar-refractivity contribution in [3.05, 3.63) is 70.9 Å². The normalized spacial score (nSPS) is 18.1. The first-order chi connectivity index (χ1) is 15.8. The summed E-state index contributed by atoms with van der Waals surface area (Å²) >= 11 is 6.19. The molecule has 1 N–H and O–H groups in total. The third-order valence-electron chi connectivity index (χ3n) is 6.11. The molecule has 2 aromatic carbocycles. The van der Waals surface area contributed by atoms with Gasteiger partial charge in [-0.2, -0.15) is 0 Å². The summed E-state index contributed by atoms with van der Waals surface area (Å²) in [5.41, 5.74) is 1.36. The van der Waals surface area contributed by atoms with Gasteiger partial charge < -0.3 is 19.5 Å². The van der Waals surface area contributed by atoms with Crippen molar-refractivity contribution in [2.45, 2.75) is 51.9 Å². The van der Waals surface area contributed by atoms with E-state index in [-0.39, 0.29) is 17.9 Å². The van der Waals surface area contributed by atoms with Crippen molar-refractivity contribution < 1.29 is 14.3 Å². The van der Waals surface area contributed by atoms with Gasteiger partial charge in [-0.15, -0.1) is 0 Å². The maximum Gasteiger partial charge on any atom is 0.271 e. The summed E-state index contributed by atoms with van der Waals surface area (Å²) in [6.45, 7) is 7.54. The van der Waals surface area contributed by atoms with E-state index >= 15 is 0 Å². The first-order valence-electron chi connectivity index (χ1n) is 11.3. The van der Waals surface area contributed by atoms with Crippen LogP contribution in [0.3, 0.4) is 0 Å². The standard InChI is InChI=1S/C26H30ClN3O3/c1-18(2)33-13-7-12-28-25(32)26(3)17-29-22-11-5-4-9-20(22)15-23(29)24(31)30(26)16-19-8-6-10-21(27)14-19/h4-6,8-11,14-15,18H,7,12-13,16-17H2,1-3H3,(H,28,32)/t26-/m1/s1. The number of para-hydroxylation sites is 1. The second-order valence-electron chi connectivity index (χ2n) is 9.00. The number of benzene rings is 2. The first-order valence-corrected chi connectivity index (χ1v) is 11.7. The average Bonchev–Trinajstić information content (AvgIpc) is 3.14. The fourth-order valence-electron chi connectivity index (χ4n) is 4.36. The second-order valence-corrected chi connectivity index (χ2v) is 9.44. The summed E-state index contributed by atoms with van der Waals surface area (Å²) in [6, 6.07) is 17.2. The summed E-state index contributed by atoms with van der Waals surface area (Å²) in [5.74, 6) is -0.343. The Kier molecular flexibility index (Phi) is 6.77. The number of fused-ring (bicyclic) bond motifs is 3. The molecule has 0 saturated carbocycles. The minimum atomic E-state index is -1.06. The van der Waals surface area contributed by atoms with Gasteiger partial charge in [0, 0.05) is 35.6 Å². The Morgan fingerprint density at radius 1 is 1.18 bits per heavy atom. The summed E-state index contributed by atoms with van der Waals surface area (Å²) in [7, 11) is 0. The van der Waals surface area contributed by atoms with E-state index in [1.54, 1.807) is 11.0 Å². The topological polar surface area (TPSA) is 63.6 Å². The van der Waals surface area contributed by atoms with Gasteiger partial charge in [0.15, 0.2) is 0 Å². The van der Waals surface area contributed by atoms with Crippen LogP contribution in [0.5, 0.6) is 0 Å². The van der Waals surface area contributed by atoms with E-state index < -0.39 is 5.54 Å². The Morgan fingerprint density at radius 2 is 1.97 bits per heavy atom. The Bertz CT molecular complexity index is 1170. The summed E-state index contributed by atoms with van der Waals surface area (Å²) in [5, 5.41) is 4.62. The van der Waals surface area contributed by atoms with Gasteiger partial charge in [-0.1, -0.05) is 41.9 Å². The molecule has 0 saturated heterocycles. The van der Waals surface area contributed by atoms with Crippen molar-refractivity contribution in [1.82, 2.24) is 14.8 Å². The van der Waals surface area contributed by atoms with Gasteiger partial charge in [0.25, 0.3) is 5.91 Å². The number of ether oxygens (including phenoxy) is 1. The fraction of sp³-hybridized carbons (Fsp3) is 0.385. The van der Waals surface area contributed by atoms with Crippen molar-refractivity contribution in [1.29, 1.82) is 0 Å². The molecule has 33 heavy (non-hydrogen) atoms. The molecule has 1 aliphatic heterocycles. The zero-order valence-electron chi connectivity index (χ0n) is 19.3. The molecule has 2 heterocycles. The van der Waals surface area contributed by atoms with Gasteiger partial charge in [0.1, 0.15) is 11.2 Å². The summed E-state index contributed by atoms with van der Waals surface area (Å²) in [4.78, 5) is 28.9. The predicted molar refractivity (Wildman–Crippen MR) is 130 cm³/mol. The zero-order chi connectivity index (χ0) is 23.6. The molecule has 1 aliphatic rings. The lowest BCUT2D eigenvalue weighted by atomic mass is 9.93. The lowest BCUT2D eigenvalue weighted by Gasteiger charge is -2.44. The number of aromatic nitrogens is 1. The van der Waals surface area contributed by atoms with E-state index in [0.717, 1.165) is 16.5 Å². The van der Waals surface area contributed by atoms with E-state index in [4.69, 9.17) is 16.3 Å². The molecule has 6 nitrogen and oxygen atoms in total. The van der Waals surface area contributed by atoms with Gasteiger partial charge in [0.05, 0.1) is 12.6 Å². The number of carbonyl (C=O) groups is 2. The number of halogens is 1. The van der Waals surface area contributed by atoms with Crippen LogP contribution < -0.4 is 5.32 Å². The Hall–Kier alpha value is -2.83. The first kappa shape index (κ1) is 23.3. The van der Waals surface area contributed by atoms with E-state index in [0.29, 0.717) is 43.4 Å². The predicted octanol–water partition coefficient (Wildman–Crippen LogP) is 4.64. The number of nitrogens with zero attached hydrogens (tertiary/aromatic N) is 2. The van der Waals surface area contributed by atoms with Gasteiger partial charge >= 0.3 is 0 Å². The van der Waals surface area contributed by atoms with Gasteiger partial charge in [-0.3, -0.25) is 9.59 Å². The van der Waals surface area contributed by atoms with Crippen molar-refractivity contribution in [2.75, 3.05) is 13.2 Å². The molecular weight excluding hydrogens is 438 g/mol. The third kappa shape index (κ3) is 4.77. The van der Waals surface area contributed by atoms with E-state index in [9.17, 15) is 9.59 Å². The molecule has 1 aromatic heterocycles. The van der Waals surface area contributed by atoms with Crippen molar-refractivity contribution >= 4 is 34.3 Å². The number of hydrogen-bond donors (Lipinski definition) is 1. The average molecular weight is 468 g/mol. The smallest absolute Gasteiger partial charge is 0.271 e.